The number of carbonyl (C=O) groups is 2. The van der Waals surface area contributed by atoms with Gasteiger partial charge >= 0.3 is 5.97 Å². The van der Waals surface area contributed by atoms with Crippen molar-refractivity contribution in [2.75, 3.05) is 6.26 Å². The number of carboxylic acid groups (broad SMARTS) is 1. The van der Waals surface area contributed by atoms with Gasteiger partial charge in [0.1, 0.15) is 6.04 Å². The molecule has 1 saturated carbocycles. The minimum absolute atomic E-state index is 0.0453. The van der Waals surface area contributed by atoms with Crippen LogP contribution >= 0.6 is 0 Å². The van der Waals surface area contributed by atoms with E-state index in [1.807, 2.05) is 0 Å². The second-order valence-electron chi connectivity index (χ2n) is 5.93. The second-order valence-corrected chi connectivity index (χ2v) is 7.84. The van der Waals surface area contributed by atoms with Crippen molar-refractivity contribution in [3.63, 3.8) is 0 Å². The number of sulfone groups is 1. The van der Waals surface area contributed by atoms with E-state index in [-0.39, 0.29) is 16.9 Å². The highest BCUT2D eigenvalue weighted by Gasteiger charge is 2.40. The number of hydrogen-bond acceptors (Lipinski definition) is 5. The number of nitrogens with zero attached hydrogens (tertiary/aromatic N) is 3. The Morgan fingerprint density at radius 1 is 1.38 bits per heavy atom. The van der Waals surface area contributed by atoms with Gasteiger partial charge in [0.05, 0.1) is 5.52 Å². The first-order chi connectivity index (χ1) is 11.2. The smallest absolute Gasteiger partial charge is 0.326 e. The Morgan fingerprint density at radius 3 is 2.58 bits per heavy atom. The summed E-state index contributed by atoms with van der Waals surface area (Å²) in [6, 6.07) is 3.74. The molecule has 1 aliphatic rings. The molecular formula is C15H17N3O5S. The molecule has 9 heteroatoms. The first kappa shape index (κ1) is 16.4. The van der Waals surface area contributed by atoms with Crippen LogP contribution in [0.1, 0.15) is 30.3 Å². The summed E-state index contributed by atoms with van der Waals surface area (Å²) in [6.45, 7) is 1.44. The van der Waals surface area contributed by atoms with Crippen molar-refractivity contribution in [3.8, 4) is 0 Å². The van der Waals surface area contributed by atoms with E-state index < -0.39 is 27.8 Å². The van der Waals surface area contributed by atoms with E-state index in [0.717, 1.165) is 19.1 Å². The number of amides is 1. The molecule has 0 radical (unpaired) electrons. The third kappa shape index (κ3) is 2.75. The highest BCUT2D eigenvalue weighted by molar-refractivity contribution is 7.90. The molecule has 128 valence electrons. The Bertz CT molecular complexity index is 930. The molecular weight excluding hydrogens is 334 g/mol. The number of carbonyl (C=O) groups excluding carboxylic acids is 1. The van der Waals surface area contributed by atoms with E-state index in [9.17, 15) is 23.1 Å². The summed E-state index contributed by atoms with van der Waals surface area (Å²) in [7, 11) is -3.64. The van der Waals surface area contributed by atoms with Gasteiger partial charge in [-0.3, -0.25) is 9.20 Å². The lowest BCUT2D eigenvalue weighted by Gasteiger charge is -2.25. The fourth-order valence-electron chi connectivity index (χ4n) is 2.68. The third-order valence-electron chi connectivity index (χ3n) is 4.00. The molecule has 0 saturated heterocycles. The van der Waals surface area contributed by atoms with Crippen LogP contribution in [0, 0.1) is 0 Å². The minimum Gasteiger partial charge on any atom is -0.480 e. The summed E-state index contributed by atoms with van der Waals surface area (Å²) < 4.78 is 25.2. The molecule has 1 unspecified atom stereocenters. The van der Waals surface area contributed by atoms with Gasteiger partial charge in [0, 0.05) is 18.5 Å². The first-order valence-corrected chi connectivity index (χ1v) is 9.33. The zero-order valence-electron chi connectivity index (χ0n) is 13.2. The van der Waals surface area contributed by atoms with Crippen LogP contribution in [0.3, 0.4) is 0 Å². The van der Waals surface area contributed by atoms with Crippen LogP contribution in [-0.2, 0) is 14.6 Å². The summed E-state index contributed by atoms with van der Waals surface area (Å²) in [4.78, 5) is 29.5. The summed E-state index contributed by atoms with van der Waals surface area (Å²) in [5, 5.41) is 9.02. The van der Waals surface area contributed by atoms with Crippen molar-refractivity contribution in [3.05, 3.63) is 30.1 Å². The van der Waals surface area contributed by atoms with Crippen LogP contribution < -0.4 is 0 Å². The molecule has 2 aromatic rings. The van der Waals surface area contributed by atoms with Gasteiger partial charge in [-0.2, -0.15) is 0 Å². The Balaban J connectivity index is 2.15. The molecule has 1 fully saturated rings. The molecule has 1 aliphatic carbocycles. The standard InChI is InChI=1S/C15H17N3O5S/c1-9(14(20)21)18(10-6-7-10)13(19)12-11-5-3-4-8-17(11)15(16-12)24(2,22)23/h3-5,8-10H,6-7H2,1-2H3,(H,20,21). The number of fused-ring (bicyclic) bond motifs is 1. The topological polar surface area (TPSA) is 109 Å². The number of aliphatic carboxylic acids is 1. The quantitative estimate of drug-likeness (QED) is 0.854. The second kappa shape index (κ2) is 5.59. The van der Waals surface area contributed by atoms with Crippen LogP contribution in [-0.4, -0.2) is 58.0 Å². The number of pyridine rings is 1. The van der Waals surface area contributed by atoms with Crippen LogP contribution in [0.2, 0.25) is 0 Å². The van der Waals surface area contributed by atoms with E-state index >= 15 is 0 Å². The summed E-state index contributed by atoms with van der Waals surface area (Å²) in [6.07, 6.45) is 3.99. The normalized spacial score (nSPS) is 16.1. The minimum atomic E-state index is -3.64. The molecule has 3 rings (SSSR count). The van der Waals surface area contributed by atoms with Crippen molar-refractivity contribution in [2.45, 2.75) is 37.0 Å². The van der Waals surface area contributed by atoms with Crippen LogP contribution in [0.15, 0.2) is 29.6 Å². The SMILES string of the molecule is CC(C(=O)O)N(C(=O)c1nc(S(C)(=O)=O)n2ccccc12)C1CC1. The van der Waals surface area contributed by atoms with Gasteiger partial charge in [-0.15, -0.1) is 0 Å². The van der Waals surface area contributed by atoms with Gasteiger partial charge in [-0.1, -0.05) is 6.07 Å². The van der Waals surface area contributed by atoms with E-state index in [4.69, 9.17) is 0 Å². The van der Waals surface area contributed by atoms with E-state index in [1.54, 1.807) is 18.2 Å². The molecule has 1 atom stereocenters. The highest BCUT2D eigenvalue weighted by Crippen LogP contribution is 2.31. The maximum Gasteiger partial charge on any atom is 0.326 e. The van der Waals surface area contributed by atoms with Crippen molar-refractivity contribution < 1.29 is 23.1 Å². The Morgan fingerprint density at radius 2 is 2.04 bits per heavy atom. The fourth-order valence-corrected chi connectivity index (χ4v) is 3.45. The third-order valence-corrected chi connectivity index (χ3v) is 4.95. The largest absolute Gasteiger partial charge is 0.480 e. The Hall–Kier alpha value is -2.42. The number of rotatable bonds is 5. The average Bonchev–Trinajstić information content (AvgIpc) is 3.25. The molecule has 0 bridgehead atoms. The van der Waals surface area contributed by atoms with E-state index in [1.165, 1.54) is 22.4 Å². The number of imidazole rings is 1. The van der Waals surface area contributed by atoms with Gasteiger partial charge in [-0.25, -0.2) is 18.2 Å². The van der Waals surface area contributed by atoms with Crippen LogP contribution in [0.25, 0.3) is 5.52 Å². The molecule has 2 aromatic heterocycles. The van der Waals surface area contributed by atoms with Gasteiger partial charge < -0.3 is 10.0 Å². The molecule has 0 spiro atoms. The first-order valence-electron chi connectivity index (χ1n) is 7.44. The zero-order chi connectivity index (χ0) is 17.6. The van der Waals surface area contributed by atoms with E-state index in [2.05, 4.69) is 4.98 Å². The summed E-state index contributed by atoms with van der Waals surface area (Å²) >= 11 is 0. The van der Waals surface area contributed by atoms with Crippen LogP contribution in [0.4, 0.5) is 0 Å². The van der Waals surface area contributed by atoms with Gasteiger partial charge in [-0.05, 0) is 31.9 Å². The maximum atomic E-state index is 12.9. The molecule has 0 aromatic carbocycles. The number of aromatic nitrogens is 2. The highest BCUT2D eigenvalue weighted by atomic mass is 32.2. The van der Waals surface area contributed by atoms with E-state index in [0.29, 0.717) is 5.52 Å². The predicted octanol–water partition coefficient (Wildman–Crippen LogP) is 0.816. The Labute approximate surface area is 138 Å². The maximum absolute atomic E-state index is 12.9. The molecule has 8 nitrogen and oxygen atoms in total. The lowest BCUT2D eigenvalue weighted by Crippen LogP contribution is -2.45. The number of hydrogen-bond donors (Lipinski definition) is 1. The van der Waals surface area contributed by atoms with Gasteiger partial charge in [0.25, 0.3) is 5.91 Å². The van der Waals surface area contributed by atoms with Crippen molar-refractivity contribution in [1.82, 2.24) is 14.3 Å². The summed E-state index contributed by atoms with van der Waals surface area (Å²) in [5.74, 6) is -1.67. The zero-order valence-corrected chi connectivity index (χ0v) is 14.0. The fraction of sp³-hybridized carbons (Fsp3) is 0.400. The molecule has 0 aliphatic heterocycles. The van der Waals surface area contributed by atoms with Gasteiger partial charge in [0.15, 0.2) is 5.69 Å². The molecule has 1 amide bonds. The van der Waals surface area contributed by atoms with Crippen molar-refractivity contribution in [1.29, 1.82) is 0 Å². The molecule has 2 heterocycles. The molecule has 1 N–H and O–H groups in total. The van der Waals surface area contributed by atoms with Crippen molar-refractivity contribution >= 4 is 27.2 Å². The van der Waals surface area contributed by atoms with Crippen molar-refractivity contribution in [2.24, 2.45) is 0 Å². The number of carboxylic acids is 1. The lowest BCUT2D eigenvalue weighted by molar-refractivity contribution is -0.141. The predicted molar refractivity (Wildman–Crippen MR) is 84.6 cm³/mol. The lowest BCUT2D eigenvalue weighted by atomic mass is 10.2. The molecule has 24 heavy (non-hydrogen) atoms. The summed E-state index contributed by atoms with van der Waals surface area (Å²) in [5.41, 5.74) is 0.294. The van der Waals surface area contributed by atoms with Crippen LogP contribution in [0.5, 0.6) is 0 Å². The average molecular weight is 351 g/mol. The monoisotopic (exact) mass is 351 g/mol. The van der Waals surface area contributed by atoms with Gasteiger partial charge in [0.2, 0.25) is 15.0 Å². The Kier molecular flexibility index (Phi) is 3.83.